The van der Waals surface area contributed by atoms with Crippen molar-refractivity contribution >= 4 is 5.91 Å². The van der Waals surface area contributed by atoms with Crippen LogP contribution in [0.2, 0.25) is 0 Å². The van der Waals surface area contributed by atoms with Crippen LogP contribution < -0.4 is 14.8 Å². The topological polar surface area (TPSA) is 47.6 Å². The Morgan fingerprint density at radius 1 is 1.04 bits per heavy atom. The Bertz CT molecular complexity index is 710. The molecule has 0 unspecified atom stereocenters. The van der Waals surface area contributed by atoms with E-state index >= 15 is 0 Å². The van der Waals surface area contributed by atoms with Crippen LogP contribution in [0.5, 0.6) is 11.5 Å². The van der Waals surface area contributed by atoms with Crippen molar-refractivity contribution in [2.24, 2.45) is 0 Å². The second kappa shape index (κ2) is 10.6. The summed E-state index contributed by atoms with van der Waals surface area (Å²) >= 11 is 0. The fourth-order valence-corrected chi connectivity index (χ4v) is 2.83. The lowest BCUT2D eigenvalue weighted by molar-refractivity contribution is -0.128. The van der Waals surface area contributed by atoms with E-state index in [9.17, 15) is 4.79 Å². The maximum absolute atomic E-state index is 12.4. The number of carbonyl (C=O) groups is 1. The molecule has 0 radical (unpaired) electrons. The molecule has 0 spiro atoms. The van der Waals surface area contributed by atoms with Gasteiger partial charge in [-0.1, -0.05) is 58.0 Å². The standard InChI is InChI=1S/C23H31NO3/c1-5-18-11-13-19(14-12-18)27-21(6-2)23(25)24-15-16-26-22-10-8-7-9-20(22)17(3)4/h7-14,17,21H,5-6,15-16H2,1-4H3,(H,24,25)/t21-/m1/s1. The molecular formula is C23H31NO3. The zero-order valence-electron chi connectivity index (χ0n) is 16.8. The average Bonchev–Trinajstić information content (AvgIpc) is 2.69. The van der Waals surface area contributed by atoms with Crippen molar-refractivity contribution in [1.29, 1.82) is 0 Å². The van der Waals surface area contributed by atoms with Crippen LogP contribution in [0.1, 0.15) is 51.2 Å². The normalized spacial score (nSPS) is 11.9. The number of hydrogen-bond donors (Lipinski definition) is 1. The molecule has 0 saturated heterocycles. The number of ether oxygens (including phenoxy) is 2. The van der Waals surface area contributed by atoms with Crippen molar-refractivity contribution in [3.63, 3.8) is 0 Å². The molecule has 2 aromatic carbocycles. The number of nitrogens with one attached hydrogen (secondary N) is 1. The Morgan fingerprint density at radius 3 is 2.37 bits per heavy atom. The van der Waals surface area contributed by atoms with Crippen LogP contribution in [0.4, 0.5) is 0 Å². The van der Waals surface area contributed by atoms with E-state index in [1.807, 2.05) is 49.4 Å². The Hall–Kier alpha value is -2.49. The number of carbonyl (C=O) groups excluding carboxylic acids is 1. The fraction of sp³-hybridized carbons (Fsp3) is 0.435. The van der Waals surface area contributed by atoms with Gasteiger partial charge in [-0.3, -0.25) is 4.79 Å². The van der Waals surface area contributed by atoms with E-state index in [0.29, 0.717) is 25.5 Å². The molecule has 4 heteroatoms. The summed E-state index contributed by atoms with van der Waals surface area (Å²) in [5.41, 5.74) is 2.42. The lowest BCUT2D eigenvalue weighted by Gasteiger charge is -2.18. The summed E-state index contributed by atoms with van der Waals surface area (Å²) in [4.78, 5) is 12.4. The van der Waals surface area contributed by atoms with Gasteiger partial charge in [0.05, 0.1) is 6.54 Å². The van der Waals surface area contributed by atoms with Gasteiger partial charge >= 0.3 is 0 Å². The smallest absolute Gasteiger partial charge is 0.261 e. The van der Waals surface area contributed by atoms with E-state index in [1.165, 1.54) is 11.1 Å². The maximum Gasteiger partial charge on any atom is 0.261 e. The maximum atomic E-state index is 12.4. The Morgan fingerprint density at radius 2 is 1.74 bits per heavy atom. The highest BCUT2D eigenvalue weighted by Gasteiger charge is 2.18. The van der Waals surface area contributed by atoms with Crippen molar-refractivity contribution in [2.45, 2.75) is 52.6 Å². The van der Waals surface area contributed by atoms with E-state index in [-0.39, 0.29) is 5.91 Å². The van der Waals surface area contributed by atoms with Crippen LogP contribution in [0.3, 0.4) is 0 Å². The van der Waals surface area contributed by atoms with E-state index < -0.39 is 6.10 Å². The number of aryl methyl sites for hydroxylation is 1. The van der Waals surface area contributed by atoms with Crippen molar-refractivity contribution in [3.8, 4) is 11.5 Å². The lowest BCUT2D eigenvalue weighted by atomic mass is 10.0. The summed E-state index contributed by atoms with van der Waals surface area (Å²) < 4.78 is 11.7. The van der Waals surface area contributed by atoms with Gasteiger partial charge in [-0.05, 0) is 48.1 Å². The van der Waals surface area contributed by atoms with Crippen LogP contribution in [-0.4, -0.2) is 25.2 Å². The largest absolute Gasteiger partial charge is 0.491 e. The summed E-state index contributed by atoms with van der Waals surface area (Å²) in [6.45, 7) is 9.21. The molecule has 0 fully saturated rings. The summed E-state index contributed by atoms with van der Waals surface area (Å²) in [7, 11) is 0. The summed E-state index contributed by atoms with van der Waals surface area (Å²) in [6.07, 6.45) is 1.09. The molecule has 27 heavy (non-hydrogen) atoms. The molecule has 1 amide bonds. The minimum atomic E-state index is -0.500. The molecule has 1 atom stereocenters. The monoisotopic (exact) mass is 369 g/mol. The molecule has 0 aliphatic rings. The number of para-hydroxylation sites is 1. The predicted octanol–water partition coefficient (Wildman–Crippen LogP) is 4.73. The summed E-state index contributed by atoms with van der Waals surface area (Å²) in [5.74, 6) is 1.88. The minimum absolute atomic E-state index is 0.113. The first-order valence-electron chi connectivity index (χ1n) is 9.80. The molecule has 1 N–H and O–H groups in total. The Kier molecular flexibility index (Phi) is 8.18. The first kappa shape index (κ1) is 20.8. The number of rotatable bonds is 10. The minimum Gasteiger partial charge on any atom is -0.491 e. The van der Waals surface area contributed by atoms with E-state index in [0.717, 1.165) is 17.9 Å². The molecule has 0 aliphatic heterocycles. The molecule has 2 aromatic rings. The van der Waals surface area contributed by atoms with Gasteiger partial charge in [-0.15, -0.1) is 0 Å². The SMILES string of the molecule is CCc1ccc(O[C@H](CC)C(=O)NCCOc2ccccc2C(C)C)cc1. The molecular weight excluding hydrogens is 338 g/mol. The first-order valence-corrected chi connectivity index (χ1v) is 9.80. The highest BCUT2D eigenvalue weighted by atomic mass is 16.5. The van der Waals surface area contributed by atoms with Crippen LogP contribution in [-0.2, 0) is 11.2 Å². The van der Waals surface area contributed by atoms with Gasteiger partial charge < -0.3 is 14.8 Å². The quantitative estimate of drug-likeness (QED) is 0.616. The first-order chi connectivity index (χ1) is 13.0. The van der Waals surface area contributed by atoms with E-state index in [4.69, 9.17) is 9.47 Å². The highest BCUT2D eigenvalue weighted by molar-refractivity contribution is 5.81. The third kappa shape index (κ3) is 6.31. The predicted molar refractivity (Wildman–Crippen MR) is 110 cm³/mol. The molecule has 146 valence electrons. The van der Waals surface area contributed by atoms with Crippen molar-refractivity contribution < 1.29 is 14.3 Å². The average molecular weight is 370 g/mol. The molecule has 0 bridgehead atoms. The number of amides is 1. The summed E-state index contributed by atoms with van der Waals surface area (Å²) in [5, 5.41) is 2.91. The van der Waals surface area contributed by atoms with Crippen molar-refractivity contribution in [3.05, 3.63) is 59.7 Å². The number of hydrogen-bond acceptors (Lipinski definition) is 3. The molecule has 4 nitrogen and oxygen atoms in total. The Balaban J connectivity index is 1.81. The van der Waals surface area contributed by atoms with E-state index in [1.54, 1.807) is 0 Å². The summed E-state index contributed by atoms with van der Waals surface area (Å²) in [6, 6.07) is 15.9. The van der Waals surface area contributed by atoms with Crippen molar-refractivity contribution in [1.82, 2.24) is 5.32 Å². The van der Waals surface area contributed by atoms with Gasteiger partial charge in [-0.25, -0.2) is 0 Å². The van der Waals surface area contributed by atoms with Gasteiger partial charge in [0.15, 0.2) is 6.10 Å². The van der Waals surface area contributed by atoms with Gasteiger partial charge in [0.1, 0.15) is 18.1 Å². The van der Waals surface area contributed by atoms with Gasteiger partial charge in [0, 0.05) is 0 Å². The third-order valence-corrected chi connectivity index (χ3v) is 4.47. The van der Waals surface area contributed by atoms with Gasteiger partial charge in [0.25, 0.3) is 5.91 Å². The fourth-order valence-electron chi connectivity index (χ4n) is 2.83. The zero-order valence-corrected chi connectivity index (χ0v) is 16.8. The lowest BCUT2D eigenvalue weighted by Crippen LogP contribution is -2.39. The number of benzene rings is 2. The molecule has 2 rings (SSSR count). The molecule has 0 aromatic heterocycles. The molecule has 0 saturated carbocycles. The Labute approximate surface area is 162 Å². The van der Waals surface area contributed by atoms with E-state index in [2.05, 4.69) is 32.2 Å². The van der Waals surface area contributed by atoms with Crippen molar-refractivity contribution in [2.75, 3.05) is 13.2 Å². The third-order valence-electron chi connectivity index (χ3n) is 4.47. The van der Waals surface area contributed by atoms with Crippen LogP contribution in [0.15, 0.2) is 48.5 Å². The van der Waals surface area contributed by atoms with Crippen LogP contribution in [0, 0.1) is 0 Å². The second-order valence-corrected chi connectivity index (χ2v) is 6.84. The molecule has 0 heterocycles. The molecule has 0 aliphatic carbocycles. The van der Waals surface area contributed by atoms with Crippen LogP contribution in [0.25, 0.3) is 0 Å². The van der Waals surface area contributed by atoms with Gasteiger partial charge in [0.2, 0.25) is 0 Å². The second-order valence-electron chi connectivity index (χ2n) is 6.84. The zero-order chi connectivity index (χ0) is 19.6. The van der Waals surface area contributed by atoms with Gasteiger partial charge in [-0.2, -0.15) is 0 Å². The van der Waals surface area contributed by atoms with Crippen LogP contribution >= 0.6 is 0 Å². The highest BCUT2D eigenvalue weighted by Crippen LogP contribution is 2.25.